The van der Waals surface area contributed by atoms with Gasteiger partial charge in [-0.15, -0.1) is 0 Å². The molecule has 4 heteroatoms. The molecule has 0 spiro atoms. The van der Waals surface area contributed by atoms with Gasteiger partial charge in [-0.1, -0.05) is 36.4 Å². The van der Waals surface area contributed by atoms with Crippen LogP contribution in [0.4, 0.5) is 0 Å². The Balaban J connectivity index is 2.41. The summed E-state index contributed by atoms with van der Waals surface area (Å²) in [7, 11) is 0. The summed E-state index contributed by atoms with van der Waals surface area (Å²) in [6.45, 7) is 13.3. The van der Waals surface area contributed by atoms with Gasteiger partial charge >= 0.3 is 0 Å². The van der Waals surface area contributed by atoms with Crippen LogP contribution in [0.1, 0.15) is 49.9 Å². The van der Waals surface area contributed by atoms with Crippen LogP contribution in [0.15, 0.2) is 36.4 Å². The van der Waals surface area contributed by atoms with E-state index >= 15 is 0 Å². The summed E-state index contributed by atoms with van der Waals surface area (Å²) in [4.78, 5) is 0. The zero-order valence-electron chi connectivity index (χ0n) is 17.8. The molecule has 0 saturated heterocycles. The molecule has 2 rings (SSSR count). The Bertz CT molecular complexity index is 650. The van der Waals surface area contributed by atoms with Gasteiger partial charge in [0.05, 0.1) is 26.4 Å². The molecule has 0 radical (unpaired) electrons. The van der Waals surface area contributed by atoms with E-state index in [1.54, 1.807) is 0 Å². The van der Waals surface area contributed by atoms with Crippen LogP contribution in [-0.4, -0.2) is 26.4 Å². The van der Waals surface area contributed by atoms with Gasteiger partial charge in [-0.2, -0.15) is 0 Å². The maximum absolute atomic E-state index is 5.75. The molecular formula is C24H34O4. The summed E-state index contributed by atoms with van der Waals surface area (Å²) >= 11 is 0. The first-order chi connectivity index (χ1) is 13.7. The lowest BCUT2D eigenvalue weighted by atomic mass is 9.93. The molecule has 0 aliphatic rings. The van der Waals surface area contributed by atoms with E-state index in [2.05, 4.69) is 36.4 Å². The van der Waals surface area contributed by atoms with Crippen LogP contribution in [0.2, 0.25) is 0 Å². The van der Waals surface area contributed by atoms with Crippen molar-refractivity contribution in [2.75, 3.05) is 26.4 Å². The van der Waals surface area contributed by atoms with Crippen LogP contribution >= 0.6 is 0 Å². The molecule has 0 N–H and O–H groups in total. The van der Waals surface area contributed by atoms with Crippen molar-refractivity contribution in [1.82, 2.24) is 0 Å². The molecule has 0 fully saturated rings. The highest BCUT2D eigenvalue weighted by Crippen LogP contribution is 2.30. The highest BCUT2D eigenvalue weighted by molar-refractivity contribution is 5.71. The minimum Gasteiger partial charge on any atom is -0.377 e. The fourth-order valence-electron chi connectivity index (χ4n) is 3.10. The smallest absolute Gasteiger partial charge is 0.0722 e. The van der Waals surface area contributed by atoms with Gasteiger partial charge in [0.25, 0.3) is 0 Å². The summed E-state index contributed by atoms with van der Waals surface area (Å²) < 4.78 is 22.7. The highest BCUT2D eigenvalue weighted by Gasteiger charge is 2.12. The summed E-state index contributed by atoms with van der Waals surface area (Å²) in [5.41, 5.74) is 7.06. The molecule has 154 valence electrons. The lowest BCUT2D eigenvalue weighted by molar-refractivity contribution is 0.129. The van der Waals surface area contributed by atoms with Crippen LogP contribution in [-0.2, 0) is 45.4 Å². The van der Waals surface area contributed by atoms with Crippen molar-refractivity contribution < 1.29 is 18.9 Å². The molecule has 0 amide bonds. The summed E-state index contributed by atoms with van der Waals surface area (Å²) in [5.74, 6) is 0. The van der Waals surface area contributed by atoms with Gasteiger partial charge in [-0.3, -0.25) is 0 Å². The molecule has 0 bridgehead atoms. The maximum atomic E-state index is 5.75. The summed E-state index contributed by atoms with van der Waals surface area (Å²) in [6, 6.07) is 13.0. The molecule has 0 saturated carbocycles. The number of benzene rings is 2. The van der Waals surface area contributed by atoms with Gasteiger partial charge in [0.15, 0.2) is 0 Å². The first-order valence-corrected chi connectivity index (χ1v) is 10.3. The van der Waals surface area contributed by atoms with Crippen LogP contribution in [0.3, 0.4) is 0 Å². The zero-order chi connectivity index (χ0) is 20.2. The number of hydrogen-bond acceptors (Lipinski definition) is 4. The Morgan fingerprint density at radius 3 is 1.21 bits per heavy atom. The Kier molecular flexibility index (Phi) is 10.2. The van der Waals surface area contributed by atoms with E-state index in [9.17, 15) is 0 Å². The van der Waals surface area contributed by atoms with Crippen molar-refractivity contribution >= 4 is 0 Å². The first kappa shape index (κ1) is 22.6. The largest absolute Gasteiger partial charge is 0.377 e. The fraction of sp³-hybridized carbons (Fsp3) is 0.500. The normalized spacial score (nSPS) is 11.1. The lowest BCUT2D eigenvalue weighted by Crippen LogP contribution is -2.02. The summed E-state index contributed by atoms with van der Waals surface area (Å²) in [5, 5.41) is 0. The van der Waals surface area contributed by atoms with E-state index in [1.807, 2.05) is 27.7 Å². The Morgan fingerprint density at radius 1 is 0.500 bits per heavy atom. The fourth-order valence-corrected chi connectivity index (χ4v) is 3.10. The van der Waals surface area contributed by atoms with Crippen LogP contribution < -0.4 is 0 Å². The van der Waals surface area contributed by atoms with Crippen LogP contribution in [0.5, 0.6) is 0 Å². The van der Waals surface area contributed by atoms with Crippen molar-refractivity contribution in [3.8, 4) is 11.1 Å². The average molecular weight is 387 g/mol. The highest BCUT2D eigenvalue weighted by atomic mass is 16.5. The van der Waals surface area contributed by atoms with Crippen LogP contribution in [0, 0.1) is 0 Å². The molecule has 2 aromatic carbocycles. The van der Waals surface area contributed by atoms with E-state index < -0.39 is 0 Å². The SMILES string of the molecule is CCOCc1ccc(-c2ccc(COCC)cc2COCC)c(COCC)c1. The van der Waals surface area contributed by atoms with E-state index in [0.29, 0.717) is 52.9 Å². The minimum atomic E-state index is 0.584. The van der Waals surface area contributed by atoms with Crippen molar-refractivity contribution in [1.29, 1.82) is 0 Å². The molecule has 0 heterocycles. The predicted octanol–water partition coefficient (Wildman–Crippen LogP) is 5.50. The van der Waals surface area contributed by atoms with Crippen molar-refractivity contribution in [3.05, 3.63) is 58.7 Å². The monoisotopic (exact) mass is 386 g/mol. The molecule has 4 nitrogen and oxygen atoms in total. The first-order valence-electron chi connectivity index (χ1n) is 10.3. The van der Waals surface area contributed by atoms with Crippen molar-refractivity contribution in [2.24, 2.45) is 0 Å². The molecule has 28 heavy (non-hydrogen) atoms. The third-order valence-electron chi connectivity index (χ3n) is 4.50. The quantitative estimate of drug-likeness (QED) is 0.455. The topological polar surface area (TPSA) is 36.9 Å². The average Bonchev–Trinajstić information content (AvgIpc) is 2.73. The predicted molar refractivity (Wildman–Crippen MR) is 113 cm³/mol. The Morgan fingerprint density at radius 2 is 0.857 bits per heavy atom. The molecule has 2 aromatic rings. The van der Waals surface area contributed by atoms with E-state index in [-0.39, 0.29) is 0 Å². The second-order valence-corrected chi connectivity index (χ2v) is 6.53. The minimum absolute atomic E-state index is 0.584. The molecule has 0 atom stereocenters. The van der Waals surface area contributed by atoms with Crippen LogP contribution in [0.25, 0.3) is 11.1 Å². The van der Waals surface area contributed by atoms with Crippen molar-refractivity contribution in [2.45, 2.75) is 54.1 Å². The van der Waals surface area contributed by atoms with Gasteiger partial charge in [-0.05, 0) is 61.1 Å². The standard InChI is InChI=1S/C24H34O4/c1-5-25-15-19-9-11-23(21(13-19)17-27-7-3)24-12-10-20(16-26-6-2)14-22(24)18-28-8-4/h9-14H,5-8,15-18H2,1-4H3. The van der Waals surface area contributed by atoms with E-state index in [1.165, 1.54) is 33.4 Å². The van der Waals surface area contributed by atoms with Gasteiger partial charge < -0.3 is 18.9 Å². The molecular weight excluding hydrogens is 352 g/mol. The molecule has 0 aromatic heterocycles. The molecule has 0 aliphatic carbocycles. The van der Waals surface area contributed by atoms with E-state index in [0.717, 1.165) is 0 Å². The molecule has 0 aliphatic heterocycles. The van der Waals surface area contributed by atoms with Gasteiger partial charge in [-0.25, -0.2) is 0 Å². The second-order valence-electron chi connectivity index (χ2n) is 6.53. The summed E-state index contributed by atoms with van der Waals surface area (Å²) in [6.07, 6.45) is 0. The zero-order valence-corrected chi connectivity index (χ0v) is 17.8. The number of hydrogen-bond donors (Lipinski definition) is 0. The molecule has 0 unspecified atom stereocenters. The third kappa shape index (κ3) is 6.71. The number of rotatable bonds is 13. The van der Waals surface area contributed by atoms with Gasteiger partial charge in [0.1, 0.15) is 0 Å². The lowest BCUT2D eigenvalue weighted by Gasteiger charge is -2.17. The Hall–Kier alpha value is -1.72. The van der Waals surface area contributed by atoms with E-state index in [4.69, 9.17) is 18.9 Å². The van der Waals surface area contributed by atoms with Gasteiger partial charge in [0.2, 0.25) is 0 Å². The third-order valence-corrected chi connectivity index (χ3v) is 4.50. The van der Waals surface area contributed by atoms with Crippen molar-refractivity contribution in [3.63, 3.8) is 0 Å². The number of ether oxygens (including phenoxy) is 4. The second kappa shape index (κ2) is 12.7. The Labute approximate surface area is 169 Å². The maximum Gasteiger partial charge on any atom is 0.0722 e. The van der Waals surface area contributed by atoms with Gasteiger partial charge in [0, 0.05) is 26.4 Å².